The Kier molecular flexibility index (Phi) is 1.10. The molecule has 0 aromatic heterocycles. The van der Waals surface area contributed by atoms with E-state index in [2.05, 4.69) is 0 Å². The molecule has 0 unspecified atom stereocenters. The van der Waals surface area contributed by atoms with Crippen molar-refractivity contribution in [3.63, 3.8) is 0 Å². The van der Waals surface area contributed by atoms with Gasteiger partial charge in [0.15, 0.2) is 0 Å². The van der Waals surface area contributed by atoms with E-state index in [0.717, 1.165) is 25.2 Å². The van der Waals surface area contributed by atoms with Gasteiger partial charge >= 0.3 is 0 Å². The van der Waals surface area contributed by atoms with E-state index in [0.29, 0.717) is 0 Å². The van der Waals surface area contributed by atoms with Crippen LogP contribution in [0.1, 0.15) is 38.5 Å². The molecule has 0 heterocycles. The van der Waals surface area contributed by atoms with Gasteiger partial charge in [-0.25, -0.2) is 0 Å². The summed E-state index contributed by atoms with van der Waals surface area (Å²) in [5, 5.41) is 9.46. The van der Waals surface area contributed by atoms with Crippen LogP contribution in [0.25, 0.3) is 0 Å². The second-order valence-corrected chi connectivity index (χ2v) is 3.73. The van der Waals surface area contributed by atoms with Gasteiger partial charge in [-0.3, -0.25) is 0 Å². The summed E-state index contributed by atoms with van der Waals surface area (Å²) in [5.41, 5.74) is -0.176. The largest absolute Gasteiger partial charge is 0.390 e. The summed E-state index contributed by atoms with van der Waals surface area (Å²) in [7, 11) is 0. The molecule has 0 aromatic carbocycles. The zero-order valence-electron chi connectivity index (χ0n) is 5.77. The molecule has 1 N–H and O–H groups in total. The van der Waals surface area contributed by atoms with Crippen molar-refractivity contribution in [1.29, 1.82) is 0 Å². The second-order valence-electron chi connectivity index (χ2n) is 3.73. The van der Waals surface area contributed by atoms with Gasteiger partial charge in [-0.1, -0.05) is 19.3 Å². The summed E-state index contributed by atoms with van der Waals surface area (Å²) >= 11 is 0. The maximum Gasteiger partial charge on any atom is 0.0652 e. The molecular weight excluding hydrogens is 112 g/mol. The van der Waals surface area contributed by atoms with E-state index in [-0.39, 0.29) is 5.60 Å². The van der Waals surface area contributed by atoms with Crippen molar-refractivity contribution < 1.29 is 5.11 Å². The summed E-state index contributed by atoms with van der Waals surface area (Å²) in [6.45, 7) is 0. The average molecular weight is 126 g/mol. The molecular formula is C8H14O. The van der Waals surface area contributed by atoms with Crippen molar-refractivity contribution >= 4 is 0 Å². The average Bonchev–Trinajstić information content (AvgIpc) is 2.39. The highest BCUT2D eigenvalue weighted by Crippen LogP contribution is 2.45. The van der Waals surface area contributed by atoms with Gasteiger partial charge in [-0.05, 0) is 25.2 Å². The Bertz CT molecular complexity index is 112. The third-order valence-corrected chi connectivity index (χ3v) is 2.72. The lowest BCUT2D eigenvalue weighted by Crippen LogP contribution is -2.19. The summed E-state index contributed by atoms with van der Waals surface area (Å²) in [6, 6.07) is 0. The summed E-state index contributed by atoms with van der Waals surface area (Å²) in [5.74, 6) is 0.887. The van der Waals surface area contributed by atoms with Crippen LogP contribution in [0.2, 0.25) is 0 Å². The molecule has 0 aliphatic heterocycles. The second kappa shape index (κ2) is 1.72. The highest BCUT2D eigenvalue weighted by molar-refractivity contribution is 4.96. The van der Waals surface area contributed by atoms with E-state index in [1.54, 1.807) is 0 Å². The van der Waals surface area contributed by atoms with Gasteiger partial charge in [0.05, 0.1) is 5.60 Å². The van der Waals surface area contributed by atoms with Gasteiger partial charge in [0.1, 0.15) is 0 Å². The summed E-state index contributed by atoms with van der Waals surface area (Å²) in [6.07, 6.45) is 7.41. The standard InChI is InChI=1S/C8H14O/c9-8(4-5-8)6-7-2-1-3-7/h7,9H,1-6H2. The smallest absolute Gasteiger partial charge is 0.0652 e. The lowest BCUT2D eigenvalue weighted by molar-refractivity contribution is 0.0959. The minimum absolute atomic E-state index is 0.176. The maximum absolute atomic E-state index is 9.46. The fraction of sp³-hybridized carbons (Fsp3) is 1.00. The van der Waals surface area contributed by atoms with Crippen LogP contribution in [-0.4, -0.2) is 10.7 Å². The van der Waals surface area contributed by atoms with Crippen LogP contribution in [0.15, 0.2) is 0 Å². The normalized spacial score (nSPS) is 31.7. The number of hydrogen-bond acceptors (Lipinski definition) is 1. The van der Waals surface area contributed by atoms with E-state index in [9.17, 15) is 5.11 Å². The first-order chi connectivity index (χ1) is 4.29. The molecule has 0 spiro atoms. The van der Waals surface area contributed by atoms with Gasteiger partial charge in [0.25, 0.3) is 0 Å². The molecule has 0 aromatic rings. The molecule has 0 amide bonds. The minimum Gasteiger partial charge on any atom is -0.390 e. The lowest BCUT2D eigenvalue weighted by atomic mass is 9.81. The molecule has 2 rings (SSSR count). The van der Waals surface area contributed by atoms with Gasteiger partial charge in [0.2, 0.25) is 0 Å². The Balaban J connectivity index is 1.76. The Morgan fingerprint density at radius 2 is 2.00 bits per heavy atom. The Labute approximate surface area is 56.1 Å². The molecule has 1 heteroatoms. The molecule has 2 aliphatic rings. The zero-order valence-corrected chi connectivity index (χ0v) is 5.77. The predicted molar refractivity (Wildman–Crippen MR) is 36.1 cm³/mol. The Morgan fingerprint density at radius 3 is 2.33 bits per heavy atom. The Hall–Kier alpha value is -0.0400. The van der Waals surface area contributed by atoms with Gasteiger partial charge in [-0.2, -0.15) is 0 Å². The number of rotatable bonds is 2. The molecule has 2 saturated carbocycles. The van der Waals surface area contributed by atoms with E-state index >= 15 is 0 Å². The van der Waals surface area contributed by atoms with Crippen LogP contribution < -0.4 is 0 Å². The third kappa shape index (κ3) is 1.11. The third-order valence-electron chi connectivity index (χ3n) is 2.72. The first-order valence-corrected chi connectivity index (χ1v) is 4.01. The first-order valence-electron chi connectivity index (χ1n) is 4.01. The highest BCUT2D eigenvalue weighted by atomic mass is 16.3. The van der Waals surface area contributed by atoms with Crippen molar-refractivity contribution in [2.24, 2.45) is 5.92 Å². The van der Waals surface area contributed by atoms with E-state index < -0.39 is 0 Å². The monoisotopic (exact) mass is 126 g/mol. The fourth-order valence-corrected chi connectivity index (χ4v) is 1.58. The fourth-order valence-electron chi connectivity index (χ4n) is 1.58. The van der Waals surface area contributed by atoms with Crippen molar-refractivity contribution in [1.82, 2.24) is 0 Å². The molecule has 0 atom stereocenters. The van der Waals surface area contributed by atoms with Gasteiger partial charge in [0, 0.05) is 0 Å². The SMILES string of the molecule is OC1(CC2CCC2)CC1. The maximum atomic E-state index is 9.46. The topological polar surface area (TPSA) is 20.2 Å². The quantitative estimate of drug-likeness (QED) is 0.597. The van der Waals surface area contributed by atoms with Crippen LogP contribution in [0, 0.1) is 5.92 Å². The van der Waals surface area contributed by atoms with Gasteiger partial charge in [-0.15, -0.1) is 0 Å². The number of hydrogen-bond donors (Lipinski definition) is 1. The van der Waals surface area contributed by atoms with Crippen LogP contribution in [-0.2, 0) is 0 Å². The van der Waals surface area contributed by atoms with Crippen LogP contribution >= 0.6 is 0 Å². The summed E-state index contributed by atoms with van der Waals surface area (Å²) in [4.78, 5) is 0. The van der Waals surface area contributed by atoms with Crippen LogP contribution in [0.5, 0.6) is 0 Å². The molecule has 0 saturated heterocycles. The molecule has 9 heavy (non-hydrogen) atoms. The molecule has 1 nitrogen and oxygen atoms in total. The zero-order chi connectivity index (χ0) is 6.32. The predicted octanol–water partition coefficient (Wildman–Crippen LogP) is 1.70. The molecule has 0 radical (unpaired) electrons. The lowest BCUT2D eigenvalue weighted by Gasteiger charge is -2.27. The van der Waals surface area contributed by atoms with Crippen molar-refractivity contribution in [3.8, 4) is 0 Å². The van der Waals surface area contributed by atoms with Crippen molar-refractivity contribution in [2.45, 2.75) is 44.1 Å². The van der Waals surface area contributed by atoms with Crippen molar-refractivity contribution in [3.05, 3.63) is 0 Å². The molecule has 52 valence electrons. The van der Waals surface area contributed by atoms with E-state index in [1.807, 2.05) is 0 Å². The molecule has 2 fully saturated rings. The summed E-state index contributed by atoms with van der Waals surface area (Å²) < 4.78 is 0. The Morgan fingerprint density at radius 1 is 1.33 bits per heavy atom. The van der Waals surface area contributed by atoms with Crippen LogP contribution in [0.4, 0.5) is 0 Å². The van der Waals surface area contributed by atoms with E-state index in [1.165, 1.54) is 19.3 Å². The highest BCUT2D eigenvalue weighted by Gasteiger charge is 2.42. The molecule has 0 bridgehead atoms. The van der Waals surface area contributed by atoms with E-state index in [4.69, 9.17) is 0 Å². The number of aliphatic hydroxyl groups is 1. The van der Waals surface area contributed by atoms with Gasteiger partial charge < -0.3 is 5.11 Å². The first kappa shape index (κ1) is 5.72. The minimum atomic E-state index is -0.176. The molecule has 2 aliphatic carbocycles. The van der Waals surface area contributed by atoms with Crippen molar-refractivity contribution in [2.75, 3.05) is 0 Å². The van der Waals surface area contributed by atoms with Crippen LogP contribution in [0.3, 0.4) is 0 Å².